The van der Waals surface area contributed by atoms with Crippen LogP contribution in [-0.4, -0.2) is 21.0 Å². The molecular weight excluding hydrogens is 244 g/mol. The molecule has 0 bridgehead atoms. The van der Waals surface area contributed by atoms with Gasteiger partial charge in [-0.25, -0.2) is 13.1 Å². The van der Waals surface area contributed by atoms with Crippen LogP contribution >= 0.6 is 11.3 Å². The van der Waals surface area contributed by atoms with Gasteiger partial charge in [0.25, 0.3) is 0 Å². The van der Waals surface area contributed by atoms with Gasteiger partial charge in [-0.15, -0.1) is 11.3 Å². The highest BCUT2D eigenvalue weighted by molar-refractivity contribution is 7.91. The zero-order chi connectivity index (χ0) is 12.4. The van der Waals surface area contributed by atoms with E-state index in [1.807, 2.05) is 20.8 Å². The molecule has 0 aliphatic heterocycles. The lowest BCUT2D eigenvalue weighted by molar-refractivity contribution is 0.304. The molecule has 0 amide bonds. The Kier molecular flexibility index (Phi) is 4.12. The summed E-state index contributed by atoms with van der Waals surface area (Å²) >= 11 is 1.20. The lowest BCUT2D eigenvalue weighted by Crippen LogP contribution is -2.48. The van der Waals surface area contributed by atoms with Crippen molar-refractivity contribution in [3.8, 4) is 0 Å². The van der Waals surface area contributed by atoms with Crippen molar-refractivity contribution in [2.75, 3.05) is 6.54 Å². The first-order valence-electron chi connectivity index (χ1n) is 5.03. The van der Waals surface area contributed by atoms with E-state index in [1.165, 1.54) is 11.3 Å². The molecule has 92 valence electrons. The van der Waals surface area contributed by atoms with Crippen molar-refractivity contribution >= 4 is 21.4 Å². The average molecular weight is 262 g/mol. The molecule has 1 rings (SSSR count). The van der Waals surface area contributed by atoms with Crippen LogP contribution in [-0.2, 0) is 10.0 Å². The maximum atomic E-state index is 12.0. The van der Waals surface area contributed by atoms with Gasteiger partial charge in [-0.1, -0.05) is 26.8 Å². The molecule has 0 spiro atoms. The van der Waals surface area contributed by atoms with Crippen LogP contribution in [0.2, 0.25) is 0 Å². The number of hydrogen-bond donors (Lipinski definition) is 2. The predicted molar refractivity (Wildman–Crippen MR) is 66.9 cm³/mol. The lowest BCUT2D eigenvalue weighted by Gasteiger charge is -2.29. The summed E-state index contributed by atoms with van der Waals surface area (Å²) in [5, 5.41) is 1.74. The molecule has 1 aromatic heterocycles. The van der Waals surface area contributed by atoms with Gasteiger partial charge < -0.3 is 5.73 Å². The van der Waals surface area contributed by atoms with E-state index < -0.39 is 10.0 Å². The summed E-state index contributed by atoms with van der Waals surface area (Å²) in [6.45, 7) is 6.17. The molecule has 3 N–H and O–H groups in total. The number of thiophene rings is 1. The molecule has 0 saturated carbocycles. The Hall–Kier alpha value is -0.430. The van der Waals surface area contributed by atoms with E-state index in [2.05, 4.69) is 4.72 Å². The zero-order valence-corrected chi connectivity index (χ0v) is 11.4. The molecule has 16 heavy (non-hydrogen) atoms. The van der Waals surface area contributed by atoms with E-state index in [1.54, 1.807) is 17.5 Å². The predicted octanol–water partition coefficient (Wildman–Crippen LogP) is 1.40. The van der Waals surface area contributed by atoms with E-state index in [4.69, 9.17) is 5.73 Å². The number of rotatable bonds is 4. The van der Waals surface area contributed by atoms with Gasteiger partial charge in [0.05, 0.1) is 0 Å². The summed E-state index contributed by atoms with van der Waals surface area (Å²) in [6, 6.07) is 3.04. The summed E-state index contributed by atoms with van der Waals surface area (Å²) < 4.78 is 26.9. The van der Waals surface area contributed by atoms with Gasteiger partial charge in [0.2, 0.25) is 10.0 Å². The highest BCUT2D eigenvalue weighted by Crippen LogP contribution is 2.22. The maximum Gasteiger partial charge on any atom is 0.250 e. The fourth-order valence-electron chi connectivity index (χ4n) is 1.24. The van der Waals surface area contributed by atoms with Crippen molar-refractivity contribution < 1.29 is 8.42 Å². The second-order valence-corrected chi connectivity index (χ2v) is 7.60. The standard InChI is InChI=1S/C10H18N2O2S2/c1-10(2,3)8(7-11)12-16(13,14)9-5-4-6-15-9/h4-6,8,12H,7,11H2,1-3H3. The maximum absolute atomic E-state index is 12.0. The molecule has 0 saturated heterocycles. The Bertz CT molecular complexity index is 418. The number of nitrogens with two attached hydrogens (primary N) is 1. The third-order valence-electron chi connectivity index (χ3n) is 2.34. The van der Waals surface area contributed by atoms with Crippen LogP contribution in [0.5, 0.6) is 0 Å². The van der Waals surface area contributed by atoms with Gasteiger partial charge in [0.1, 0.15) is 4.21 Å². The Morgan fingerprint density at radius 1 is 1.50 bits per heavy atom. The molecule has 0 fully saturated rings. The van der Waals surface area contributed by atoms with E-state index in [0.717, 1.165) is 0 Å². The smallest absolute Gasteiger partial charge is 0.250 e. The van der Waals surface area contributed by atoms with E-state index in [9.17, 15) is 8.42 Å². The topological polar surface area (TPSA) is 72.2 Å². The molecule has 0 aliphatic carbocycles. The lowest BCUT2D eigenvalue weighted by atomic mass is 9.88. The monoisotopic (exact) mass is 262 g/mol. The Labute approximate surface area is 101 Å². The molecule has 1 unspecified atom stereocenters. The second kappa shape index (κ2) is 4.83. The van der Waals surface area contributed by atoms with E-state index in [-0.39, 0.29) is 18.0 Å². The Balaban J connectivity index is 2.88. The largest absolute Gasteiger partial charge is 0.329 e. The third-order valence-corrected chi connectivity index (χ3v) is 5.21. The van der Waals surface area contributed by atoms with Crippen LogP contribution in [0.15, 0.2) is 21.7 Å². The zero-order valence-electron chi connectivity index (χ0n) is 9.73. The van der Waals surface area contributed by atoms with Crippen molar-refractivity contribution in [1.82, 2.24) is 4.72 Å². The first-order valence-corrected chi connectivity index (χ1v) is 7.39. The molecule has 1 aromatic rings. The molecule has 0 aliphatic rings. The highest BCUT2D eigenvalue weighted by Gasteiger charge is 2.28. The molecule has 1 heterocycles. The number of sulfonamides is 1. The van der Waals surface area contributed by atoms with Gasteiger partial charge in [-0.3, -0.25) is 0 Å². The minimum atomic E-state index is -3.42. The van der Waals surface area contributed by atoms with Crippen LogP contribution in [0.4, 0.5) is 0 Å². The van der Waals surface area contributed by atoms with Gasteiger partial charge in [0, 0.05) is 12.6 Å². The first kappa shape index (κ1) is 13.6. The van der Waals surface area contributed by atoms with Crippen molar-refractivity contribution in [2.24, 2.45) is 11.1 Å². The summed E-state index contributed by atoms with van der Waals surface area (Å²) in [5.74, 6) is 0. The first-order chi connectivity index (χ1) is 7.27. The summed E-state index contributed by atoms with van der Waals surface area (Å²) in [6.07, 6.45) is 0. The Morgan fingerprint density at radius 2 is 2.12 bits per heavy atom. The molecule has 0 radical (unpaired) electrons. The van der Waals surface area contributed by atoms with Crippen LogP contribution in [0, 0.1) is 5.41 Å². The SMILES string of the molecule is CC(C)(C)C(CN)NS(=O)(=O)c1cccs1. The van der Waals surface area contributed by atoms with Crippen molar-refractivity contribution in [2.45, 2.75) is 31.0 Å². The van der Waals surface area contributed by atoms with E-state index >= 15 is 0 Å². The number of hydrogen-bond acceptors (Lipinski definition) is 4. The van der Waals surface area contributed by atoms with Crippen LogP contribution < -0.4 is 10.5 Å². The van der Waals surface area contributed by atoms with Crippen LogP contribution in [0.25, 0.3) is 0 Å². The molecule has 6 heteroatoms. The molecule has 4 nitrogen and oxygen atoms in total. The molecule has 1 atom stereocenters. The summed E-state index contributed by atoms with van der Waals surface area (Å²) in [5.41, 5.74) is 5.40. The van der Waals surface area contributed by atoms with Crippen molar-refractivity contribution in [3.63, 3.8) is 0 Å². The van der Waals surface area contributed by atoms with Gasteiger partial charge in [-0.05, 0) is 16.9 Å². The highest BCUT2D eigenvalue weighted by atomic mass is 32.2. The fraction of sp³-hybridized carbons (Fsp3) is 0.600. The molecule has 0 aromatic carbocycles. The van der Waals surface area contributed by atoms with Crippen LogP contribution in [0.3, 0.4) is 0 Å². The minimum Gasteiger partial charge on any atom is -0.329 e. The van der Waals surface area contributed by atoms with Crippen LogP contribution in [0.1, 0.15) is 20.8 Å². The third kappa shape index (κ3) is 3.28. The van der Waals surface area contributed by atoms with Gasteiger partial charge in [-0.2, -0.15) is 0 Å². The summed E-state index contributed by atoms with van der Waals surface area (Å²) in [7, 11) is -3.42. The number of nitrogens with one attached hydrogen (secondary N) is 1. The fourth-order valence-corrected chi connectivity index (χ4v) is 3.70. The summed E-state index contributed by atoms with van der Waals surface area (Å²) in [4.78, 5) is 0. The quantitative estimate of drug-likeness (QED) is 0.861. The average Bonchev–Trinajstić information content (AvgIpc) is 2.65. The van der Waals surface area contributed by atoms with Gasteiger partial charge in [0.15, 0.2) is 0 Å². The van der Waals surface area contributed by atoms with E-state index in [0.29, 0.717) is 4.21 Å². The normalized spacial score (nSPS) is 15.0. The van der Waals surface area contributed by atoms with Crippen molar-refractivity contribution in [1.29, 1.82) is 0 Å². The molecular formula is C10H18N2O2S2. The van der Waals surface area contributed by atoms with Crippen molar-refractivity contribution in [3.05, 3.63) is 17.5 Å². The van der Waals surface area contributed by atoms with Gasteiger partial charge >= 0.3 is 0 Å². The minimum absolute atomic E-state index is 0.195. The second-order valence-electron chi connectivity index (χ2n) is 4.71. The Morgan fingerprint density at radius 3 is 2.50 bits per heavy atom.